The van der Waals surface area contributed by atoms with Crippen LogP contribution in [-0.2, 0) is 9.53 Å². The van der Waals surface area contributed by atoms with Gasteiger partial charge in [0.2, 0.25) is 0 Å². The SMILES string of the molecule is CCC(CC)n1ncc(C(=O)NC(C)(COC)C(=O)O)c1C. The van der Waals surface area contributed by atoms with Crippen molar-refractivity contribution >= 4 is 11.9 Å². The number of ether oxygens (including phenoxy) is 1. The summed E-state index contributed by atoms with van der Waals surface area (Å²) < 4.78 is 6.72. The molecule has 1 unspecified atom stereocenters. The zero-order valence-electron chi connectivity index (χ0n) is 13.8. The van der Waals surface area contributed by atoms with E-state index in [0.29, 0.717) is 5.56 Å². The van der Waals surface area contributed by atoms with Crippen LogP contribution in [0.3, 0.4) is 0 Å². The largest absolute Gasteiger partial charge is 0.479 e. The molecule has 1 aromatic heterocycles. The lowest BCUT2D eigenvalue weighted by molar-refractivity contribution is -0.145. The molecule has 0 radical (unpaired) electrons. The molecule has 7 nitrogen and oxygen atoms in total. The van der Waals surface area contributed by atoms with Crippen molar-refractivity contribution in [3.8, 4) is 0 Å². The summed E-state index contributed by atoms with van der Waals surface area (Å²) in [5.74, 6) is -1.61. The number of hydrogen-bond donors (Lipinski definition) is 2. The number of methoxy groups -OCH3 is 1. The van der Waals surface area contributed by atoms with Crippen LogP contribution in [0, 0.1) is 6.92 Å². The predicted octanol–water partition coefficient (Wildman–Crippen LogP) is 1.77. The van der Waals surface area contributed by atoms with E-state index in [1.54, 1.807) is 0 Å². The quantitative estimate of drug-likeness (QED) is 0.763. The molecule has 0 spiro atoms. The smallest absolute Gasteiger partial charge is 0.331 e. The summed E-state index contributed by atoms with van der Waals surface area (Å²) >= 11 is 0. The van der Waals surface area contributed by atoms with Gasteiger partial charge in [-0.15, -0.1) is 0 Å². The van der Waals surface area contributed by atoms with Crippen LogP contribution in [-0.4, -0.2) is 46.0 Å². The van der Waals surface area contributed by atoms with E-state index in [1.165, 1.54) is 20.2 Å². The first-order valence-electron chi connectivity index (χ1n) is 7.39. The van der Waals surface area contributed by atoms with E-state index < -0.39 is 17.4 Å². The van der Waals surface area contributed by atoms with Crippen LogP contribution in [0.5, 0.6) is 0 Å². The van der Waals surface area contributed by atoms with Crippen LogP contribution in [0.1, 0.15) is 55.7 Å². The van der Waals surface area contributed by atoms with Gasteiger partial charge < -0.3 is 15.2 Å². The van der Waals surface area contributed by atoms with Crippen molar-refractivity contribution in [2.24, 2.45) is 0 Å². The molecule has 124 valence electrons. The topological polar surface area (TPSA) is 93.5 Å². The molecule has 0 aromatic carbocycles. The Hall–Kier alpha value is -1.89. The highest BCUT2D eigenvalue weighted by atomic mass is 16.5. The maximum absolute atomic E-state index is 12.4. The lowest BCUT2D eigenvalue weighted by Crippen LogP contribution is -2.55. The molecular weight excluding hydrogens is 286 g/mol. The van der Waals surface area contributed by atoms with Crippen LogP contribution < -0.4 is 5.32 Å². The van der Waals surface area contributed by atoms with E-state index in [0.717, 1.165) is 18.5 Å². The van der Waals surface area contributed by atoms with Gasteiger partial charge in [-0.05, 0) is 26.7 Å². The second-order valence-corrected chi connectivity index (χ2v) is 5.58. The number of aromatic nitrogens is 2. The molecule has 0 aliphatic carbocycles. The third-order valence-electron chi connectivity index (χ3n) is 3.87. The third kappa shape index (κ3) is 3.65. The molecule has 0 saturated heterocycles. The first kappa shape index (κ1) is 18.2. The van der Waals surface area contributed by atoms with Gasteiger partial charge >= 0.3 is 5.97 Å². The number of nitrogens with one attached hydrogen (secondary N) is 1. The second kappa shape index (κ2) is 7.40. The molecule has 1 heterocycles. The number of carbonyl (C=O) groups excluding carboxylic acids is 1. The Balaban J connectivity index is 3.02. The molecule has 2 N–H and O–H groups in total. The Kier molecular flexibility index (Phi) is 6.11. The number of carboxylic acid groups (broad SMARTS) is 1. The van der Waals surface area contributed by atoms with Crippen molar-refractivity contribution < 1.29 is 19.4 Å². The number of hydrogen-bond acceptors (Lipinski definition) is 4. The first-order chi connectivity index (χ1) is 10.3. The number of rotatable bonds is 8. The monoisotopic (exact) mass is 311 g/mol. The molecular formula is C15H25N3O4. The number of amides is 1. The molecule has 22 heavy (non-hydrogen) atoms. The van der Waals surface area contributed by atoms with E-state index in [-0.39, 0.29) is 12.6 Å². The second-order valence-electron chi connectivity index (χ2n) is 5.58. The summed E-state index contributed by atoms with van der Waals surface area (Å²) in [6.45, 7) is 7.24. The molecule has 0 bridgehead atoms. The van der Waals surface area contributed by atoms with Gasteiger partial charge in [0.15, 0.2) is 5.54 Å². The first-order valence-corrected chi connectivity index (χ1v) is 7.39. The average Bonchev–Trinajstić information content (AvgIpc) is 2.82. The Bertz CT molecular complexity index is 537. The van der Waals surface area contributed by atoms with Crippen LogP contribution >= 0.6 is 0 Å². The summed E-state index contributed by atoms with van der Waals surface area (Å²) in [7, 11) is 1.39. The normalized spacial score (nSPS) is 13.9. The number of carboxylic acids is 1. The molecule has 1 amide bonds. The molecule has 0 aliphatic heterocycles. The molecule has 1 aromatic rings. The molecule has 0 aliphatic rings. The van der Waals surface area contributed by atoms with Crippen molar-refractivity contribution in [2.75, 3.05) is 13.7 Å². The van der Waals surface area contributed by atoms with Gasteiger partial charge in [0, 0.05) is 12.8 Å². The van der Waals surface area contributed by atoms with Crippen LogP contribution in [0.15, 0.2) is 6.20 Å². The van der Waals surface area contributed by atoms with E-state index in [1.807, 2.05) is 11.6 Å². The van der Waals surface area contributed by atoms with Gasteiger partial charge in [-0.25, -0.2) is 4.79 Å². The minimum absolute atomic E-state index is 0.117. The van der Waals surface area contributed by atoms with Gasteiger partial charge in [-0.3, -0.25) is 9.48 Å². The number of carbonyl (C=O) groups is 2. The molecule has 1 rings (SSSR count). The highest BCUT2D eigenvalue weighted by Crippen LogP contribution is 2.19. The number of nitrogens with zero attached hydrogens (tertiary/aromatic N) is 2. The zero-order valence-corrected chi connectivity index (χ0v) is 13.8. The Morgan fingerprint density at radius 1 is 1.45 bits per heavy atom. The molecule has 7 heteroatoms. The fraction of sp³-hybridized carbons (Fsp3) is 0.667. The lowest BCUT2D eigenvalue weighted by atomic mass is 10.0. The third-order valence-corrected chi connectivity index (χ3v) is 3.87. The fourth-order valence-electron chi connectivity index (χ4n) is 2.41. The van der Waals surface area contributed by atoms with Gasteiger partial charge in [0.25, 0.3) is 5.91 Å². The summed E-state index contributed by atoms with van der Waals surface area (Å²) in [4.78, 5) is 23.7. The van der Waals surface area contributed by atoms with E-state index >= 15 is 0 Å². The van der Waals surface area contributed by atoms with Crippen molar-refractivity contribution in [1.29, 1.82) is 0 Å². The molecule has 1 atom stereocenters. The van der Waals surface area contributed by atoms with Crippen molar-refractivity contribution in [3.05, 3.63) is 17.5 Å². The highest BCUT2D eigenvalue weighted by Gasteiger charge is 2.36. The lowest BCUT2D eigenvalue weighted by Gasteiger charge is -2.25. The van der Waals surface area contributed by atoms with Crippen molar-refractivity contribution in [2.45, 2.75) is 52.1 Å². The summed E-state index contributed by atoms with van der Waals surface area (Å²) in [6, 6.07) is 0.228. The fourth-order valence-corrected chi connectivity index (χ4v) is 2.41. The molecule has 0 fully saturated rings. The summed E-state index contributed by atoms with van der Waals surface area (Å²) in [5.41, 5.74) is -0.359. The van der Waals surface area contributed by atoms with E-state index in [9.17, 15) is 14.7 Å². The summed E-state index contributed by atoms with van der Waals surface area (Å²) in [6.07, 6.45) is 3.31. The standard InChI is InChI=1S/C15H25N3O4/c1-6-11(7-2)18-10(3)12(8-16-18)13(19)17-15(4,9-22-5)14(20)21/h8,11H,6-7,9H2,1-5H3,(H,17,19)(H,20,21). The Morgan fingerprint density at radius 2 is 2.05 bits per heavy atom. The van der Waals surface area contributed by atoms with Crippen LogP contribution in [0.4, 0.5) is 0 Å². The maximum Gasteiger partial charge on any atom is 0.331 e. The minimum Gasteiger partial charge on any atom is -0.479 e. The Morgan fingerprint density at radius 3 is 2.50 bits per heavy atom. The zero-order chi connectivity index (χ0) is 16.9. The van der Waals surface area contributed by atoms with Gasteiger partial charge in [0.05, 0.1) is 24.4 Å². The molecule has 0 saturated carbocycles. The predicted molar refractivity (Wildman–Crippen MR) is 82.0 cm³/mol. The summed E-state index contributed by atoms with van der Waals surface area (Å²) in [5, 5.41) is 16.1. The van der Waals surface area contributed by atoms with Crippen molar-refractivity contribution in [1.82, 2.24) is 15.1 Å². The van der Waals surface area contributed by atoms with Crippen molar-refractivity contribution in [3.63, 3.8) is 0 Å². The van der Waals surface area contributed by atoms with Gasteiger partial charge in [-0.1, -0.05) is 13.8 Å². The van der Waals surface area contributed by atoms with Gasteiger partial charge in [0.1, 0.15) is 0 Å². The van der Waals surface area contributed by atoms with Crippen LogP contribution in [0.25, 0.3) is 0 Å². The Labute approximate surface area is 130 Å². The highest BCUT2D eigenvalue weighted by molar-refractivity contribution is 5.98. The van der Waals surface area contributed by atoms with Crippen LogP contribution in [0.2, 0.25) is 0 Å². The average molecular weight is 311 g/mol. The van der Waals surface area contributed by atoms with Gasteiger partial charge in [-0.2, -0.15) is 5.10 Å². The number of aliphatic carboxylic acids is 1. The maximum atomic E-state index is 12.4. The van der Waals surface area contributed by atoms with E-state index in [4.69, 9.17) is 4.74 Å². The minimum atomic E-state index is -1.48. The van der Waals surface area contributed by atoms with E-state index in [2.05, 4.69) is 24.3 Å².